The zero-order valence-corrected chi connectivity index (χ0v) is 6.96. The van der Waals surface area contributed by atoms with Crippen molar-refractivity contribution in [3.05, 3.63) is 46.5 Å². The van der Waals surface area contributed by atoms with Crippen LogP contribution in [0.15, 0.2) is 28.4 Å². The summed E-state index contributed by atoms with van der Waals surface area (Å²) >= 11 is 0. The van der Waals surface area contributed by atoms with E-state index in [4.69, 9.17) is 4.42 Å². The third-order valence-corrected chi connectivity index (χ3v) is 1.59. The van der Waals surface area contributed by atoms with Gasteiger partial charge in [0.25, 0.3) is 0 Å². The lowest BCUT2D eigenvalue weighted by atomic mass is 10.1. The molecule has 0 aliphatic carbocycles. The molecule has 1 aromatic rings. The number of hydrogen-bond acceptors (Lipinski definition) is 2. The van der Waals surface area contributed by atoms with Crippen LogP contribution in [0.5, 0.6) is 0 Å². The van der Waals surface area contributed by atoms with E-state index in [0.717, 1.165) is 5.56 Å². The Morgan fingerprint density at radius 3 is 2.58 bits per heavy atom. The van der Waals surface area contributed by atoms with Crippen molar-refractivity contribution in [3.8, 4) is 0 Å². The summed E-state index contributed by atoms with van der Waals surface area (Å²) < 4.78 is 4.93. The van der Waals surface area contributed by atoms with Gasteiger partial charge in [0.15, 0.2) is 0 Å². The van der Waals surface area contributed by atoms with Crippen molar-refractivity contribution in [1.82, 2.24) is 0 Å². The van der Waals surface area contributed by atoms with Gasteiger partial charge < -0.3 is 4.42 Å². The van der Waals surface area contributed by atoms with Gasteiger partial charge in [-0.15, -0.1) is 0 Å². The molecule has 12 heavy (non-hydrogen) atoms. The molecule has 0 saturated heterocycles. The van der Waals surface area contributed by atoms with E-state index >= 15 is 0 Å². The van der Waals surface area contributed by atoms with E-state index < -0.39 is 0 Å². The zero-order valence-electron chi connectivity index (χ0n) is 6.96. The molecule has 0 N–H and O–H groups in total. The molecule has 0 atom stereocenters. The molecule has 0 aromatic carbocycles. The van der Waals surface area contributed by atoms with E-state index in [9.17, 15) is 4.79 Å². The molecule has 0 fully saturated rings. The van der Waals surface area contributed by atoms with Gasteiger partial charge in [0, 0.05) is 11.1 Å². The first kappa shape index (κ1) is 8.53. The fourth-order valence-corrected chi connectivity index (χ4v) is 0.922. The molecular weight excluding hydrogens is 152 g/mol. The molecule has 2 heteroatoms. The third-order valence-electron chi connectivity index (χ3n) is 1.59. The number of hydrogen-bond donors (Lipinski definition) is 0. The van der Waals surface area contributed by atoms with E-state index in [1.165, 1.54) is 6.08 Å². The van der Waals surface area contributed by atoms with E-state index in [1.54, 1.807) is 19.1 Å². The van der Waals surface area contributed by atoms with Crippen LogP contribution in [-0.2, 0) is 0 Å². The van der Waals surface area contributed by atoms with Crippen molar-refractivity contribution in [2.75, 3.05) is 0 Å². The van der Waals surface area contributed by atoms with Crippen molar-refractivity contribution < 1.29 is 4.42 Å². The minimum Gasteiger partial charge on any atom is -0.423 e. The van der Waals surface area contributed by atoms with Gasteiger partial charge in [-0.05, 0) is 19.1 Å². The average molecular weight is 162 g/mol. The van der Waals surface area contributed by atoms with Gasteiger partial charge in [-0.25, -0.2) is 4.79 Å². The van der Waals surface area contributed by atoms with Crippen LogP contribution in [0, 0.1) is 6.92 Å². The summed E-state index contributed by atoms with van der Waals surface area (Å²) in [6.45, 7) is 8.83. The number of aryl methyl sites for hydroxylation is 1. The molecular formula is C10H10O2. The van der Waals surface area contributed by atoms with E-state index in [0.29, 0.717) is 11.3 Å². The zero-order chi connectivity index (χ0) is 9.14. The highest BCUT2D eigenvalue weighted by molar-refractivity contribution is 5.59. The highest BCUT2D eigenvalue weighted by Gasteiger charge is 2.01. The Kier molecular flexibility index (Phi) is 2.29. The SMILES string of the molecule is C=Cc1cc(C)c(=O)oc1C=C. The fourth-order valence-electron chi connectivity index (χ4n) is 0.922. The van der Waals surface area contributed by atoms with Crippen LogP contribution in [-0.4, -0.2) is 0 Å². The summed E-state index contributed by atoms with van der Waals surface area (Å²) in [6, 6.07) is 1.73. The van der Waals surface area contributed by atoms with Crippen LogP contribution < -0.4 is 5.63 Å². The maximum absolute atomic E-state index is 11.0. The largest absolute Gasteiger partial charge is 0.423 e. The first-order chi connectivity index (χ1) is 5.69. The van der Waals surface area contributed by atoms with Gasteiger partial charge in [0.1, 0.15) is 5.76 Å². The molecule has 0 aliphatic heterocycles. The van der Waals surface area contributed by atoms with Crippen molar-refractivity contribution >= 4 is 12.2 Å². The summed E-state index contributed by atoms with van der Waals surface area (Å²) in [7, 11) is 0. The Hall–Kier alpha value is -1.57. The molecule has 2 nitrogen and oxygen atoms in total. The summed E-state index contributed by atoms with van der Waals surface area (Å²) in [4.78, 5) is 11.0. The van der Waals surface area contributed by atoms with Crippen molar-refractivity contribution in [3.63, 3.8) is 0 Å². The topological polar surface area (TPSA) is 30.2 Å². The Morgan fingerprint density at radius 1 is 1.42 bits per heavy atom. The van der Waals surface area contributed by atoms with Gasteiger partial charge >= 0.3 is 5.63 Å². The Balaban J connectivity index is 3.48. The lowest BCUT2D eigenvalue weighted by Crippen LogP contribution is -2.04. The average Bonchev–Trinajstić information content (AvgIpc) is 2.09. The van der Waals surface area contributed by atoms with E-state index in [1.807, 2.05) is 0 Å². The van der Waals surface area contributed by atoms with Crippen LogP contribution in [0.3, 0.4) is 0 Å². The molecule has 0 spiro atoms. The molecule has 0 bridgehead atoms. The maximum Gasteiger partial charge on any atom is 0.339 e. The third kappa shape index (κ3) is 1.37. The minimum absolute atomic E-state index is 0.324. The Morgan fingerprint density at radius 2 is 2.08 bits per heavy atom. The molecule has 0 amide bonds. The van der Waals surface area contributed by atoms with E-state index in [2.05, 4.69) is 13.2 Å². The molecule has 0 radical (unpaired) electrons. The first-order valence-corrected chi connectivity index (χ1v) is 3.58. The summed E-state index contributed by atoms with van der Waals surface area (Å²) in [5.41, 5.74) is 1.05. The highest BCUT2D eigenvalue weighted by Crippen LogP contribution is 2.10. The van der Waals surface area contributed by atoms with Crippen molar-refractivity contribution in [2.24, 2.45) is 0 Å². The molecule has 0 saturated carbocycles. The Bertz CT molecular complexity index is 372. The van der Waals surface area contributed by atoms with Crippen molar-refractivity contribution in [2.45, 2.75) is 6.92 Å². The molecule has 0 unspecified atom stereocenters. The molecule has 1 rings (SSSR count). The van der Waals surface area contributed by atoms with Crippen LogP contribution >= 0.6 is 0 Å². The second-order valence-electron chi connectivity index (χ2n) is 2.44. The molecule has 1 heterocycles. The monoisotopic (exact) mass is 162 g/mol. The first-order valence-electron chi connectivity index (χ1n) is 3.58. The molecule has 1 aromatic heterocycles. The predicted molar refractivity (Wildman–Crippen MR) is 49.9 cm³/mol. The second kappa shape index (κ2) is 3.22. The lowest BCUT2D eigenvalue weighted by molar-refractivity contribution is 0.495. The normalized spacial score (nSPS) is 9.42. The van der Waals surface area contributed by atoms with Gasteiger partial charge in [0.05, 0.1) is 0 Å². The van der Waals surface area contributed by atoms with Crippen LogP contribution in [0.25, 0.3) is 12.2 Å². The standard InChI is InChI=1S/C10H10O2/c1-4-8-6-7(3)10(11)12-9(8)5-2/h4-6H,1-2H2,3H3. The van der Waals surface area contributed by atoms with Gasteiger partial charge in [-0.2, -0.15) is 0 Å². The summed E-state index contributed by atoms with van der Waals surface area (Å²) in [5, 5.41) is 0. The van der Waals surface area contributed by atoms with E-state index in [-0.39, 0.29) is 5.63 Å². The Labute approximate surface area is 70.8 Å². The minimum atomic E-state index is -0.324. The summed E-state index contributed by atoms with van der Waals surface area (Å²) in [5.74, 6) is 0.473. The maximum atomic E-state index is 11.0. The highest BCUT2D eigenvalue weighted by atomic mass is 16.4. The second-order valence-corrected chi connectivity index (χ2v) is 2.44. The molecule has 0 aliphatic rings. The van der Waals surface area contributed by atoms with Crippen LogP contribution in [0.2, 0.25) is 0 Å². The van der Waals surface area contributed by atoms with Crippen LogP contribution in [0.4, 0.5) is 0 Å². The molecule has 62 valence electrons. The summed E-state index contributed by atoms with van der Waals surface area (Å²) in [6.07, 6.45) is 3.13. The lowest BCUT2D eigenvalue weighted by Gasteiger charge is -1.98. The van der Waals surface area contributed by atoms with Gasteiger partial charge in [0.2, 0.25) is 0 Å². The predicted octanol–water partition coefficient (Wildman–Crippen LogP) is 2.23. The van der Waals surface area contributed by atoms with Crippen LogP contribution in [0.1, 0.15) is 16.9 Å². The fraction of sp³-hybridized carbons (Fsp3) is 0.100. The smallest absolute Gasteiger partial charge is 0.339 e. The van der Waals surface area contributed by atoms with Gasteiger partial charge in [-0.3, -0.25) is 0 Å². The number of rotatable bonds is 2. The van der Waals surface area contributed by atoms with Gasteiger partial charge in [-0.1, -0.05) is 19.2 Å². The van der Waals surface area contributed by atoms with Crippen molar-refractivity contribution in [1.29, 1.82) is 0 Å². The quantitative estimate of drug-likeness (QED) is 0.667.